The predicted molar refractivity (Wildman–Crippen MR) is 83.5 cm³/mol. The van der Waals surface area contributed by atoms with Gasteiger partial charge in [-0.2, -0.15) is 0 Å². The van der Waals surface area contributed by atoms with E-state index in [0.717, 1.165) is 16.9 Å². The number of hydrogen-bond donors (Lipinski definition) is 0. The number of benzene rings is 2. The Kier molecular flexibility index (Phi) is 4.32. The van der Waals surface area contributed by atoms with Crippen LogP contribution in [-0.2, 0) is 4.79 Å². The molecule has 3 heteroatoms. The Balaban J connectivity index is 2.39. The van der Waals surface area contributed by atoms with Gasteiger partial charge in [0.15, 0.2) is 0 Å². The average Bonchev–Trinajstić information content (AvgIpc) is 2.47. The Morgan fingerprint density at radius 2 is 1.71 bits per heavy atom. The molecule has 2 rings (SSSR count). The van der Waals surface area contributed by atoms with E-state index in [4.69, 9.17) is 9.47 Å². The first-order valence-corrected chi connectivity index (χ1v) is 6.87. The van der Waals surface area contributed by atoms with E-state index in [-0.39, 0.29) is 5.97 Å². The minimum atomic E-state index is -0.540. The van der Waals surface area contributed by atoms with Gasteiger partial charge in [-0.05, 0) is 44.5 Å². The van der Waals surface area contributed by atoms with Crippen molar-refractivity contribution in [1.29, 1.82) is 0 Å². The molecule has 0 heterocycles. The van der Waals surface area contributed by atoms with Crippen LogP contribution in [0.15, 0.2) is 48.5 Å². The number of methoxy groups -OCH3 is 1. The molecule has 110 valence electrons. The van der Waals surface area contributed by atoms with Crippen molar-refractivity contribution < 1.29 is 14.3 Å². The van der Waals surface area contributed by atoms with Crippen LogP contribution in [0.25, 0.3) is 11.1 Å². The molecule has 0 fully saturated rings. The molecule has 0 aromatic heterocycles. The summed E-state index contributed by atoms with van der Waals surface area (Å²) in [5, 5.41) is 0. The Labute approximate surface area is 125 Å². The molecule has 2 aromatic rings. The van der Waals surface area contributed by atoms with E-state index in [9.17, 15) is 4.79 Å². The molecule has 0 unspecified atom stereocenters. The van der Waals surface area contributed by atoms with Crippen LogP contribution in [0, 0.1) is 5.41 Å². The van der Waals surface area contributed by atoms with Crippen molar-refractivity contribution in [3.05, 3.63) is 48.5 Å². The average molecular weight is 284 g/mol. The lowest BCUT2D eigenvalue weighted by Crippen LogP contribution is -2.25. The molecule has 0 saturated carbocycles. The highest BCUT2D eigenvalue weighted by atomic mass is 16.5. The molecule has 0 atom stereocenters. The molecule has 0 spiro atoms. The van der Waals surface area contributed by atoms with Crippen LogP contribution in [-0.4, -0.2) is 13.1 Å². The largest absolute Gasteiger partial charge is 0.497 e. The van der Waals surface area contributed by atoms with Crippen LogP contribution in [0.3, 0.4) is 0 Å². The van der Waals surface area contributed by atoms with Crippen molar-refractivity contribution >= 4 is 5.97 Å². The molecule has 0 bridgehead atoms. The predicted octanol–water partition coefficient (Wildman–Crippen LogP) is 4.31. The quantitative estimate of drug-likeness (QED) is 0.622. The van der Waals surface area contributed by atoms with Crippen LogP contribution in [0.5, 0.6) is 11.5 Å². The summed E-state index contributed by atoms with van der Waals surface area (Å²) in [5.74, 6) is 1.08. The molecule has 3 nitrogen and oxygen atoms in total. The summed E-state index contributed by atoms with van der Waals surface area (Å²) in [6, 6.07) is 15.2. The number of rotatable bonds is 3. The van der Waals surface area contributed by atoms with Gasteiger partial charge in [0, 0.05) is 5.56 Å². The molecule has 0 aliphatic rings. The number of esters is 1. The fourth-order valence-corrected chi connectivity index (χ4v) is 1.84. The topological polar surface area (TPSA) is 35.5 Å². The number of para-hydroxylation sites is 1. The second-order valence-corrected chi connectivity index (χ2v) is 5.87. The van der Waals surface area contributed by atoms with Gasteiger partial charge in [-0.1, -0.05) is 30.3 Å². The van der Waals surface area contributed by atoms with E-state index in [0.29, 0.717) is 5.75 Å². The van der Waals surface area contributed by atoms with Gasteiger partial charge in [0.2, 0.25) is 0 Å². The van der Waals surface area contributed by atoms with Gasteiger partial charge in [-0.15, -0.1) is 0 Å². The van der Waals surface area contributed by atoms with E-state index >= 15 is 0 Å². The summed E-state index contributed by atoms with van der Waals surface area (Å²) < 4.78 is 10.8. The van der Waals surface area contributed by atoms with Crippen molar-refractivity contribution in [2.24, 2.45) is 5.41 Å². The lowest BCUT2D eigenvalue weighted by molar-refractivity contribution is -0.142. The lowest BCUT2D eigenvalue weighted by atomic mass is 9.97. The minimum Gasteiger partial charge on any atom is -0.497 e. The van der Waals surface area contributed by atoms with Crippen molar-refractivity contribution in [2.75, 3.05) is 7.11 Å². The summed E-state index contributed by atoms with van der Waals surface area (Å²) in [6.45, 7) is 5.51. The van der Waals surface area contributed by atoms with Crippen LogP contribution in [0.2, 0.25) is 0 Å². The molecule has 0 saturated heterocycles. The molecule has 21 heavy (non-hydrogen) atoms. The molecule has 0 N–H and O–H groups in total. The zero-order valence-corrected chi connectivity index (χ0v) is 12.8. The number of ether oxygens (including phenoxy) is 2. The van der Waals surface area contributed by atoms with Gasteiger partial charge >= 0.3 is 5.97 Å². The van der Waals surface area contributed by atoms with Gasteiger partial charge in [0.25, 0.3) is 0 Å². The van der Waals surface area contributed by atoms with Crippen molar-refractivity contribution in [3.63, 3.8) is 0 Å². The number of carbonyl (C=O) groups excluding carboxylic acids is 1. The standard InChI is InChI=1S/C18H20O3/c1-18(2,3)17(19)21-16-11-6-5-10-15(16)13-8-7-9-14(12-13)20-4/h5-12H,1-4H3. The van der Waals surface area contributed by atoms with Gasteiger partial charge in [0.05, 0.1) is 12.5 Å². The second-order valence-electron chi connectivity index (χ2n) is 5.87. The first kappa shape index (κ1) is 15.1. The Morgan fingerprint density at radius 3 is 2.38 bits per heavy atom. The van der Waals surface area contributed by atoms with Gasteiger partial charge in [0.1, 0.15) is 11.5 Å². The zero-order chi connectivity index (χ0) is 15.5. The van der Waals surface area contributed by atoms with E-state index in [1.807, 2.05) is 63.2 Å². The number of carbonyl (C=O) groups is 1. The van der Waals surface area contributed by atoms with Crippen molar-refractivity contribution in [1.82, 2.24) is 0 Å². The van der Waals surface area contributed by atoms with Crippen molar-refractivity contribution in [2.45, 2.75) is 20.8 Å². The third-order valence-corrected chi connectivity index (χ3v) is 3.08. The fraction of sp³-hybridized carbons (Fsp3) is 0.278. The van der Waals surface area contributed by atoms with Crippen LogP contribution >= 0.6 is 0 Å². The third kappa shape index (κ3) is 3.63. The number of hydrogen-bond acceptors (Lipinski definition) is 3. The van der Waals surface area contributed by atoms with E-state index in [1.165, 1.54) is 0 Å². The monoisotopic (exact) mass is 284 g/mol. The summed E-state index contributed by atoms with van der Waals surface area (Å²) in [6.07, 6.45) is 0. The van der Waals surface area contributed by atoms with E-state index in [1.54, 1.807) is 13.2 Å². The van der Waals surface area contributed by atoms with Gasteiger partial charge in [-0.25, -0.2) is 0 Å². The Bertz CT molecular complexity index is 639. The van der Waals surface area contributed by atoms with Crippen LogP contribution < -0.4 is 9.47 Å². The first-order valence-electron chi connectivity index (χ1n) is 6.87. The summed E-state index contributed by atoms with van der Waals surface area (Å²) >= 11 is 0. The summed E-state index contributed by atoms with van der Waals surface area (Å²) in [7, 11) is 1.63. The smallest absolute Gasteiger partial charge is 0.316 e. The molecular weight excluding hydrogens is 264 g/mol. The highest BCUT2D eigenvalue weighted by molar-refractivity contribution is 5.81. The maximum Gasteiger partial charge on any atom is 0.316 e. The maximum atomic E-state index is 12.1. The van der Waals surface area contributed by atoms with Gasteiger partial charge < -0.3 is 9.47 Å². The molecule has 0 aliphatic carbocycles. The minimum absolute atomic E-state index is 0.252. The lowest BCUT2D eigenvalue weighted by Gasteiger charge is -2.18. The highest BCUT2D eigenvalue weighted by Gasteiger charge is 2.24. The Morgan fingerprint density at radius 1 is 1.00 bits per heavy atom. The molecule has 0 radical (unpaired) electrons. The van der Waals surface area contributed by atoms with E-state index < -0.39 is 5.41 Å². The fourth-order valence-electron chi connectivity index (χ4n) is 1.84. The normalized spacial score (nSPS) is 11.0. The zero-order valence-electron chi connectivity index (χ0n) is 12.8. The first-order chi connectivity index (χ1) is 9.91. The molecule has 0 aliphatic heterocycles. The summed E-state index contributed by atoms with van der Waals surface area (Å²) in [4.78, 5) is 12.1. The summed E-state index contributed by atoms with van der Waals surface area (Å²) in [5.41, 5.74) is 1.28. The van der Waals surface area contributed by atoms with E-state index in [2.05, 4.69) is 0 Å². The second kappa shape index (κ2) is 6.00. The van der Waals surface area contributed by atoms with Gasteiger partial charge in [-0.3, -0.25) is 4.79 Å². The molecular formula is C18H20O3. The molecule has 0 amide bonds. The molecule has 2 aromatic carbocycles. The third-order valence-electron chi connectivity index (χ3n) is 3.08. The highest BCUT2D eigenvalue weighted by Crippen LogP contribution is 2.33. The van der Waals surface area contributed by atoms with Crippen molar-refractivity contribution in [3.8, 4) is 22.6 Å². The SMILES string of the molecule is COc1cccc(-c2ccccc2OC(=O)C(C)(C)C)c1. The van der Waals surface area contributed by atoms with Crippen LogP contribution in [0.4, 0.5) is 0 Å². The maximum absolute atomic E-state index is 12.1. The van der Waals surface area contributed by atoms with Crippen LogP contribution in [0.1, 0.15) is 20.8 Å². The Hall–Kier alpha value is -2.29.